The van der Waals surface area contributed by atoms with E-state index >= 15 is 0 Å². The molecule has 0 bridgehead atoms. The predicted molar refractivity (Wildman–Crippen MR) is 97.4 cm³/mol. The van der Waals surface area contributed by atoms with Crippen molar-refractivity contribution in [2.75, 3.05) is 26.2 Å². The number of carbonyl (C=O) groups is 1. The molecule has 132 valence electrons. The molecule has 1 saturated heterocycles. The van der Waals surface area contributed by atoms with Gasteiger partial charge in [-0.1, -0.05) is 24.3 Å². The lowest BCUT2D eigenvalue weighted by molar-refractivity contribution is -0.0345. The Bertz CT molecular complexity index is 690. The van der Waals surface area contributed by atoms with Crippen LogP contribution >= 0.6 is 0 Å². The van der Waals surface area contributed by atoms with E-state index in [1.54, 1.807) is 0 Å². The van der Waals surface area contributed by atoms with Gasteiger partial charge in [-0.25, -0.2) is 0 Å². The van der Waals surface area contributed by atoms with E-state index in [9.17, 15) is 4.79 Å². The molecule has 0 saturated carbocycles. The molecule has 1 amide bonds. The molecule has 1 fully saturated rings. The third-order valence-electron chi connectivity index (χ3n) is 4.34. The summed E-state index contributed by atoms with van der Waals surface area (Å²) in [4.78, 5) is 19.0. The number of amides is 1. The summed E-state index contributed by atoms with van der Waals surface area (Å²) in [5.41, 5.74) is 2.84. The number of benzene rings is 1. The van der Waals surface area contributed by atoms with Crippen LogP contribution in [0.3, 0.4) is 0 Å². The lowest BCUT2D eigenvalue weighted by Crippen LogP contribution is -2.43. The van der Waals surface area contributed by atoms with Gasteiger partial charge in [-0.3, -0.25) is 14.7 Å². The Labute approximate surface area is 149 Å². The van der Waals surface area contributed by atoms with E-state index in [0.29, 0.717) is 12.1 Å². The fraction of sp³-hybridized carbons (Fsp3) is 0.400. The highest BCUT2D eigenvalue weighted by molar-refractivity contribution is 5.94. The van der Waals surface area contributed by atoms with Crippen molar-refractivity contribution in [1.82, 2.24) is 15.2 Å². The standard InChI is InChI=1S/C20H25N3O2/c1-16-6-5-9-18(22-16)14-23-12-13-25-19(15-23)10-11-21-20(24)17-7-3-2-4-8-17/h2-9,19H,10-15H2,1H3,(H,21,24)/t19-/m0/s1. The molecule has 1 N–H and O–H groups in total. The Morgan fingerprint density at radius 1 is 1.24 bits per heavy atom. The topological polar surface area (TPSA) is 54.5 Å². The van der Waals surface area contributed by atoms with Crippen LogP contribution in [0.5, 0.6) is 0 Å². The van der Waals surface area contributed by atoms with Gasteiger partial charge in [0.05, 0.1) is 18.4 Å². The van der Waals surface area contributed by atoms with E-state index in [1.165, 1.54) is 0 Å². The Morgan fingerprint density at radius 2 is 2.08 bits per heavy atom. The van der Waals surface area contributed by atoms with Crippen LogP contribution in [0.15, 0.2) is 48.5 Å². The maximum Gasteiger partial charge on any atom is 0.251 e. The largest absolute Gasteiger partial charge is 0.375 e. The lowest BCUT2D eigenvalue weighted by Gasteiger charge is -2.32. The molecule has 0 radical (unpaired) electrons. The van der Waals surface area contributed by atoms with Gasteiger partial charge in [-0.2, -0.15) is 0 Å². The van der Waals surface area contributed by atoms with E-state index in [4.69, 9.17) is 4.74 Å². The van der Waals surface area contributed by atoms with Crippen molar-refractivity contribution in [1.29, 1.82) is 0 Å². The molecule has 1 aromatic carbocycles. The fourth-order valence-corrected chi connectivity index (χ4v) is 3.05. The number of carbonyl (C=O) groups excluding carboxylic acids is 1. The molecule has 0 aliphatic carbocycles. The zero-order valence-electron chi connectivity index (χ0n) is 14.6. The van der Waals surface area contributed by atoms with Crippen LogP contribution in [0.2, 0.25) is 0 Å². The van der Waals surface area contributed by atoms with Crippen molar-refractivity contribution >= 4 is 5.91 Å². The second-order valence-corrected chi connectivity index (χ2v) is 6.41. The molecular formula is C20H25N3O2. The van der Waals surface area contributed by atoms with E-state index in [0.717, 1.165) is 44.0 Å². The van der Waals surface area contributed by atoms with Crippen LogP contribution in [0, 0.1) is 6.92 Å². The molecule has 0 unspecified atom stereocenters. The smallest absolute Gasteiger partial charge is 0.251 e. The van der Waals surface area contributed by atoms with Crippen LogP contribution in [0.25, 0.3) is 0 Å². The van der Waals surface area contributed by atoms with Crippen LogP contribution in [-0.2, 0) is 11.3 Å². The van der Waals surface area contributed by atoms with Crippen LogP contribution in [-0.4, -0.2) is 48.1 Å². The summed E-state index contributed by atoms with van der Waals surface area (Å²) in [6, 6.07) is 15.4. The molecule has 2 heterocycles. The molecule has 1 aliphatic heterocycles. The average molecular weight is 339 g/mol. The number of aryl methyl sites for hydroxylation is 1. The number of aromatic nitrogens is 1. The number of nitrogens with zero attached hydrogens (tertiary/aromatic N) is 2. The fourth-order valence-electron chi connectivity index (χ4n) is 3.05. The summed E-state index contributed by atoms with van der Waals surface area (Å²) in [7, 11) is 0. The highest BCUT2D eigenvalue weighted by atomic mass is 16.5. The van der Waals surface area contributed by atoms with Gasteiger partial charge in [-0.15, -0.1) is 0 Å². The van der Waals surface area contributed by atoms with E-state index in [2.05, 4.69) is 27.3 Å². The monoisotopic (exact) mass is 339 g/mol. The van der Waals surface area contributed by atoms with Crippen molar-refractivity contribution in [3.05, 3.63) is 65.5 Å². The van der Waals surface area contributed by atoms with Gasteiger partial charge in [0.25, 0.3) is 5.91 Å². The van der Waals surface area contributed by atoms with Gasteiger partial charge in [0.2, 0.25) is 0 Å². The van der Waals surface area contributed by atoms with E-state index < -0.39 is 0 Å². The molecule has 5 nitrogen and oxygen atoms in total. The second-order valence-electron chi connectivity index (χ2n) is 6.41. The summed E-state index contributed by atoms with van der Waals surface area (Å²) in [6.45, 7) is 6.00. The highest BCUT2D eigenvalue weighted by Crippen LogP contribution is 2.12. The maximum absolute atomic E-state index is 12.1. The summed E-state index contributed by atoms with van der Waals surface area (Å²) in [5.74, 6) is -0.0303. The zero-order chi connectivity index (χ0) is 17.5. The quantitative estimate of drug-likeness (QED) is 0.878. The molecule has 1 atom stereocenters. The Balaban J connectivity index is 1.43. The Hall–Kier alpha value is -2.24. The summed E-state index contributed by atoms with van der Waals surface area (Å²) in [5, 5.41) is 2.97. The number of pyridine rings is 1. The number of nitrogens with one attached hydrogen (secondary N) is 1. The van der Waals surface area contributed by atoms with Crippen LogP contribution < -0.4 is 5.32 Å². The van der Waals surface area contributed by atoms with Crippen LogP contribution in [0.4, 0.5) is 0 Å². The molecule has 0 spiro atoms. The summed E-state index contributed by atoms with van der Waals surface area (Å²) in [6.07, 6.45) is 0.964. The summed E-state index contributed by atoms with van der Waals surface area (Å²) >= 11 is 0. The van der Waals surface area contributed by atoms with Gasteiger partial charge in [0, 0.05) is 37.4 Å². The minimum Gasteiger partial charge on any atom is -0.375 e. The number of morpholine rings is 1. The third-order valence-corrected chi connectivity index (χ3v) is 4.34. The Morgan fingerprint density at radius 3 is 2.88 bits per heavy atom. The molecule has 2 aromatic rings. The molecular weight excluding hydrogens is 314 g/mol. The van der Waals surface area contributed by atoms with E-state index in [1.807, 2.05) is 43.3 Å². The minimum absolute atomic E-state index is 0.0303. The Kier molecular flexibility index (Phi) is 6.14. The first-order chi connectivity index (χ1) is 12.2. The first-order valence-corrected chi connectivity index (χ1v) is 8.80. The van der Waals surface area contributed by atoms with E-state index in [-0.39, 0.29) is 12.0 Å². The molecule has 1 aromatic heterocycles. The first-order valence-electron chi connectivity index (χ1n) is 8.80. The maximum atomic E-state index is 12.1. The van der Waals surface area contributed by atoms with Gasteiger partial charge in [-0.05, 0) is 37.6 Å². The second kappa shape index (κ2) is 8.74. The zero-order valence-corrected chi connectivity index (χ0v) is 14.6. The lowest BCUT2D eigenvalue weighted by atomic mass is 10.1. The minimum atomic E-state index is -0.0303. The normalized spacial score (nSPS) is 18.0. The number of hydrogen-bond acceptors (Lipinski definition) is 4. The molecule has 5 heteroatoms. The van der Waals surface area contributed by atoms with Crippen LogP contribution in [0.1, 0.15) is 28.2 Å². The predicted octanol–water partition coefficient (Wildman–Crippen LogP) is 2.41. The van der Waals surface area contributed by atoms with Crippen molar-refractivity contribution in [3.63, 3.8) is 0 Å². The third kappa shape index (κ3) is 5.37. The number of rotatable bonds is 6. The van der Waals surface area contributed by atoms with Gasteiger partial charge in [0.15, 0.2) is 0 Å². The first kappa shape index (κ1) is 17.6. The SMILES string of the molecule is Cc1cccc(CN2CCO[C@@H](CCNC(=O)c3ccccc3)C2)n1. The number of hydrogen-bond donors (Lipinski definition) is 1. The average Bonchev–Trinajstić information content (AvgIpc) is 2.63. The molecule has 25 heavy (non-hydrogen) atoms. The van der Waals surface area contributed by atoms with Crippen molar-refractivity contribution < 1.29 is 9.53 Å². The molecule has 1 aliphatic rings. The van der Waals surface area contributed by atoms with Gasteiger partial charge >= 0.3 is 0 Å². The van der Waals surface area contributed by atoms with Crippen molar-refractivity contribution in [3.8, 4) is 0 Å². The highest BCUT2D eigenvalue weighted by Gasteiger charge is 2.20. The summed E-state index contributed by atoms with van der Waals surface area (Å²) < 4.78 is 5.84. The van der Waals surface area contributed by atoms with Gasteiger partial charge in [0.1, 0.15) is 0 Å². The van der Waals surface area contributed by atoms with Crippen molar-refractivity contribution in [2.45, 2.75) is 26.0 Å². The van der Waals surface area contributed by atoms with Gasteiger partial charge < -0.3 is 10.1 Å². The van der Waals surface area contributed by atoms with Crippen molar-refractivity contribution in [2.24, 2.45) is 0 Å². The molecule has 3 rings (SSSR count). The number of ether oxygens (including phenoxy) is 1.